The van der Waals surface area contributed by atoms with Gasteiger partial charge in [-0.25, -0.2) is 8.42 Å². The minimum atomic E-state index is -4.46. The fourth-order valence-corrected chi connectivity index (χ4v) is 6.27. The number of benzene rings is 1. The maximum absolute atomic E-state index is 13.0. The molecule has 0 unspecified atom stereocenters. The molecule has 2 heterocycles. The molecule has 0 aliphatic heterocycles. The highest BCUT2D eigenvalue weighted by Crippen LogP contribution is 2.46. The summed E-state index contributed by atoms with van der Waals surface area (Å²) in [6.45, 7) is 3.80. The fourth-order valence-electron chi connectivity index (χ4n) is 3.81. The number of hydrogen-bond acceptors (Lipinski definition) is 7. The van der Waals surface area contributed by atoms with Crippen molar-refractivity contribution in [3.05, 3.63) is 46.5 Å². The van der Waals surface area contributed by atoms with E-state index < -0.39 is 21.6 Å². The van der Waals surface area contributed by atoms with Crippen molar-refractivity contribution >= 4 is 27.0 Å². The monoisotopic (exact) mass is 484 g/mol. The maximum Gasteiger partial charge on any atom is 0.416 e. The first kappa shape index (κ1) is 22.6. The third kappa shape index (κ3) is 4.33. The predicted molar refractivity (Wildman–Crippen MR) is 111 cm³/mol. The van der Waals surface area contributed by atoms with Crippen molar-refractivity contribution in [3.63, 3.8) is 0 Å². The Hall–Kier alpha value is -2.60. The SMILES string of the molecule is CC1(C)CC(=O)c2c(S(C)(=O)=O)sc(-c3nnn(Cc4cccc(C(F)(F)F)c4)n3)c2C1. The molecule has 3 aromatic rings. The molecule has 0 saturated heterocycles. The zero-order valence-electron chi connectivity index (χ0n) is 17.4. The maximum atomic E-state index is 13.0. The first-order valence-electron chi connectivity index (χ1n) is 9.58. The molecule has 1 aromatic carbocycles. The number of hydrogen-bond donors (Lipinski definition) is 0. The van der Waals surface area contributed by atoms with Gasteiger partial charge in [0.05, 0.1) is 22.5 Å². The Morgan fingerprint density at radius 1 is 1.22 bits per heavy atom. The van der Waals surface area contributed by atoms with Crippen LogP contribution in [0.4, 0.5) is 13.2 Å². The first-order chi connectivity index (χ1) is 14.7. The van der Waals surface area contributed by atoms with E-state index in [4.69, 9.17) is 0 Å². The van der Waals surface area contributed by atoms with Crippen molar-refractivity contribution in [1.29, 1.82) is 0 Å². The average Bonchev–Trinajstić information content (AvgIpc) is 3.24. The highest BCUT2D eigenvalue weighted by atomic mass is 32.2. The van der Waals surface area contributed by atoms with Gasteiger partial charge >= 0.3 is 6.18 Å². The van der Waals surface area contributed by atoms with Gasteiger partial charge in [0.25, 0.3) is 0 Å². The summed E-state index contributed by atoms with van der Waals surface area (Å²) in [5, 5.41) is 12.2. The second-order valence-electron chi connectivity index (χ2n) is 8.63. The molecule has 0 saturated carbocycles. The van der Waals surface area contributed by atoms with Crippen molar-refractivity contribution in [3.8, 4) is 10.7 Å². The second kappa shape index (κ2) is 7.48. The Kier molecular flexibility index (Phi) is 5.28. The molecule has 0 atom stereocenters. The Morgan fingerprint density at radius 3 is 2.59 bits per heavy atom. The standard InChI is InChI=1S/C20H19F3N4O3S2/c1-19(2)8-13-15(14(28)9-19)18(32(3,29)30)31-16(13)17-24-26-27(25-17)10-11-5-4-6-12(7-11)20(21,22)23/h4-7H,8-10H2,1-3H3. The lowest BCUT2D eigenvalue weighted by molar-refractivity contribution is -0.137. The quantitative estimate of drug-likeness (QED) is 0.555. The number of nitrogens with zero attached hydrogens (tertiary/aromatic N) is 4. The van der Waals surface area contributed by atoms with Gasteiger partial charge in [-0.15, -0.1) is 21.5 Å². The van der Waals surface area contributed by atoms with E-state index in [2.05, 4.69) is 15.4 Å². The molecule has 0 amide bonds. The topological polar surface area (TPSA) is 94.8 Å². The number of ketones is 1. The smallest absolute Gasteiger partial charge is 0.294 e. The van der Waals surface area contributed by atoms with E-state index in [0.29, 0.717) is 22.4 Å². The molecule has 0 fully saturated rings. The van der Waals surface area contributed by atoms with E-state index in [1.807, 2.05) is 13.8 Å². The molecule has 2 aromatic heterocycles. The van der Waals surface area contributed by atoms with Gasteiger partial charge in [-0.3, -0.25) is 4.79 Å². The van der Waals surface area contributed by atoms with E-state index in [-0.39, 0.29) is 39.8 Å². The van der Waals surface area contributed by atoms with Crippen molar-refractivity contribution < 1.29 is 26.4 Å². The lowest BCUT2D eigenvalue weighted by Crippen LogP contribution is -2.27. The Labute approximate surface area is 186 Å². The van der Waals surface area contributed by atoms with Crippen LogP contribution >= 0.6 is 11.3 Å². The van der Waals surface area contributed by atoms with E-state index in [9.17, 15) is 26.4 Å². The molecule has 12 heteroatoms. The molecule has 0 N–H and O–H groups in total. The summed E-state index contributed by atoms with van der Waals surface area (Å²) in [4.78, 5) is 14.3. The highest BCUT2D eigenvalue weighted by Gasteiger charge is 2.39. The van der Waals surface area contributed by atoms with Gasteiger partial charge in [0.15, 0.2) is 15.6 Å². The summed E-state index contributed by atoms with van der Waals surface area (Å²) in [5.74, 6) is -0.103. The molecule has 7 nitrogen and oxygen atoms in total. The van der Waals surface area contributed by atoms with Crippen LogP contribution in [0.3, 0.4) is 0 Å². The van der Waals surface area contributed by atoms with Crippen LogP contribution in [0, 0.1) is 5.41 Å². The van der Waals surface area contributed by atoms with Gasteiger partial charge in [0.1, 0.15) is 4.21 Å². The molecule has 0 bridgehead atoms. The largest absolute Gasteiger partial charge is 0.416 e. The lowest BCUT2D eigenvalue weighted by atomic mass is 9.74. The molecule has 32 heavy (non-hydrogen) atoms. The summed E-state index contributed by atoms with van der Waals surface area (Å²) in [7, 11) is -3.65. The average molecular weight is 485 g/mol. The first-order valence-corrected chi connectivity index (χ1v) is 12.3. The van der Waals surface area contributed by atoms with Crippen LogP contribution in [0.25, 0.3) is 10.7 Å². The number of fused-ring (bicyclic) bond motifs is 1. The zero-order valence-corrected chi connectivity index (χ0v) is 19.0. The van der Waals surface area contributed by atoms with Crippen molar-refractivity contribution in [1.82, 2.24) is 20.2 Å². The summed E-state index contributed by atoms with van der Waals surface area (Å²) >= 11 is 0.929. The van der Waals surface area contributed by atoms with Gasteiger partial charge in [0.2, 0.25) is 5.82 Å². The number of halogens is 3. The van der Waals surface area contributed by atoms with Gasteiger partial charge in [0, 0.05) is 12.7 Å². The molecule has 1 aliphatic carbocycles. The molecule has 1 aliphatic rings. The number of carbonyl (C=O) groups is 1. The van der Waals surface area contributed by atoms with Gasteiger partial charge < -0.3 is 0 Å². The molecule has 4 rings (SSSR count). The summed E-state index contributed by atoms with van der Waals surface area (Å²) in [5.41, 5.74) is -0.0226. The number of tetrazole rings is 1. The summed E-state index contributed by atoms with van der Waals surface area (Å²) in [6.07, 6.45) is -2.71. The Balaban J connectivity index is 1.73. The van der Waals surface area contributed by atoms with Gasteiger partial charge in [-0.05, 0) is 40.3 Å². The second-order valence-corrected chi connectivity index (χ2v) is 11.9. The minimum Gasteiger partial charge on any atom is -0.294 e. The van der Waals surface area contributed by atoms with Crippen LogP contribution < -0.4 is 0 Å². The van der Waals surface area contributed by atoms with Crippen LogP contribution in [0.5, 0.6) is 0 Å². The van der Waals surface area contributed by atoms with Gasteiger partial charge in [-0.2, -0.15) is 18.0 Å². The number of Topliss-reactive ketones (excluding diaryl/α,β-unsaturated/α-hetero) is 1. The van der Waals surface area contributed by atoms with E-state index >= 15 is 0 Å². The third-order valence-corrected chi connectivity index (χ3v) is 8.18. The molecular formula is C20H19F3N4O3S2. The van der Waals surface area contributed by atoms with Crippen molar-refractivity contribution in [2.24, 2.45) is 5.41 Å². The van der Waals surface area contributed by atoms with E-state index in [0.717, 1.165) is 34.5 Å². The van der Waals surface area contributed by atoms with E-state index in [1.54, 1.807) is 0 Å². The van der Waals surface area contributed by atoms with Gasteiger partial charge in [-0.1, -0.05) is 26.0 Å². The zero-order chi connectivity index (χ0) is 23.5. The fraction of sp³-hybridized carbons (Fsp3) is 0.400. The molecule has 0 radical (unpaired) electrons. The number of carbonyl (C=O) groups excluding carboxylic acids is 1. The summed E-state index contributed by atoms with van der Waals surface area (Å²) in [6, 6.07) is 4.82. The predicted octanol–water partition coefficient (Wildman–Crippen LogP) is 4.03. The molecule has 0 spiro atoms. The highest BCUT2D eigenvalue weighted by molar-refractivity contribution is 7.93. The Bertz CT molecular complexity index is 1320. The number of rotatable bonds is 4. The summed E-state index contributed by atoms with van der Waals surface area (Å²) < 4.78 is 63.5. The molecular weight excluding hydrogens is 465 g/mol. The van der Waals surface area contributed by atoms with E-state index in [1.165, 1.54) is 12.1 Å². The third-order valence-electron chi connectivity index (χ3n) is 5.12. The normalized spacial score (nSPS) is 16.2. The van der Waals surface area contributed by atoms with Crippen LogP contribution in [-0.4, -0.2) is 40.7 Å². The number of aromatic nitrogens is 4. The van der Waals surface area contributed by atoms with Crippen molar-refractivity contribution in [2.75, 3.05) is 6.26 Å². The molecule has 170 valence electrons. The Morgan fingerprint density at radius 2 is 1.94 bits per heavy atom. The van der Waals surface area contributed by atoms with Crippen LogP contribution in [0.15, 0.2) is 28.5 Å². The number of sulfone groups is 1. The van der Waals surface area contributed by atoms with Crippen molar-refractivity contribution in [2.45, 2.75) is 43.6 Å². The van der Waals surface area contributed by atoms with Crippen LogP contribution in [0.1, 0.15) is 47.3 Å². The number of thiophene rings is 1. The lowest BCUT2D eigenvalue weighted by Gasteiger charge is -2.29. The van der Waals surface area contributed by atoms with Crippen LogP contribution in [0.2, 0.25) is 0 Å². The minimum absolute atomic E-state index is 0.0165. The van der Waals surface area contributed by atoms with Crippen LogP contribution in [-0.2, 0) is 29.0 Å². The number of alkyl halides is 3.